The zero-order chi connectivity index (χ0) is 9.26. The first-order valence-electron chi connectivity index (χ1n) is 3.93. The monoisotopic (exact) mass is 178 g/mol. The average Bonchev–Trinajstić information content (AvgIpc) is 2.59. The number of ether oxygens (including phenoxy) is 2. The lowest BCUT2D eigenvalue weighted by Crippen LogP contribution is -2.04. The number of rotatable bonds is 1. The number of hydrogen-bond acceptors (Lipinski definition) is 4. The van der Waals surface area contributed by atoms with Crippen LogP contribution in [0.4, 0.5) is 0 Å². The molecule has 4 nitrogen and oxygen atoms in total. The summed E-state index contributed by atoms with van der Waals surface area (Å²) >= 11 is 0. The van der Waals surface area contributed by atoms with E-state index in [1.165, 1.54) is 0 Å². The predicted molar refractivity (Wildman–Crippen MR) is 49.2 cm³/mol. The maximum Gasteiger partial charge on any atom is 0.133 e. The minimum absolute atomic E-state index is 0.443. The molecule has 0 bridgehead atoms. The summed E-state index contributed by atoms with van der Waals surface area (Å²) in [4.78, 5) is 0. The highest BCUT2D eigenvalue weighted by atomic mass is 16.5. The third kappa shape index (κ3) is 1.20. The van der Waals surface area contributed by atoms with E-state index in [9.17, 15) is 0 Å². The van der Waals surface area contributed by atoms with Crippen molar-refractivity contribution in [2.24, 2.45) is 10.9 Å². The summed E-state index contributed by atoms with van der Waals surface area (Å²) in [5, 5.41) is 3.64. The van der Waals surface area contributed by atoms with Gasteiger partial charge in [-0.1, -0.05) is 0 Å². The van der Waals surface area contributed by atoms with Crippen LogP contribution in [0, 0.1) is 0 Å². The molecule has 0 saturated heterocycles. The Labute approximate surface area is 76.0 Å². The molecule has 1 aromatic carbocycles. The molecule has 1 aromatic rings. The number of methoxy groups -OCH3 is 1. The third-order valence-electron chi connectivity index (χ3n) is 2.02. The molecule has 1 aliphatic heterocycles. The van der Waals surface area contributed by atoms with E-state index in [1.54, 1.807) is 7.11 Å². The summed E-state index contributed by atoms with van der Waals surface area (Å²) in [6, 6.07) is 5.58. The molecule has 0 radical (unpaired) electrons. The molecule has 0 aliphatic carbocycles. The van der Waals surface area contributed by atoms with E-state index in [1.807, 2.05) is 18.2 Å². The summed E-state index contributed by atoms with van der Waals surface area (Å²) in [6.07, 6.45) is 0. The minimum atomic E-state index is 0.443. The summed E-state index contributed by atoms with van der Waals surface area (Å²) in [5.74, 6) is 6.75. The van der Waals surface area contributed by atoms with Gasteiger partial charge in [0, 0.05) is 11.6 Å². The molecule has 0 saturated carbocycles. The highest BCUT2D eigenvalue weighted by molar-refractivity contribution is 6.06. The van der Waals surface area contributed by atoms with Crippen LogP contribution in [-0.2, 0) is 0 Å². The zero-order valence-electron chi connectivity index (χ0n) is 7.28. The fraction of sp³-hybridized carbons (Fsp3) is 0.222. The van der Waals surface area contributed by atoms with Gasteiger partial charge in [-0.2, -0.15) is 5.10 Å². The topological polar surface area (TPSA) is 56.8 Å². The fourth-order valence-electron chi connectivity index (χ4n) is 1.32. The summed E-state index contributed by atoms with van der Waals surface area (Å²) in [5.41, 5.74) is 1.72. The SMILES string of the molecule is COc1ccc2c(c1)OC/C2=N\N. The first kappa shape index (κ1) is 7.91. The van der Waals surface area contributed by atoms with Crippen LogP contribution >= 0.6 is 0 Å². The van der Waals surface area contributed by atoms with Gasteiger partial charge in [-0.05, 0) is 12.1 Å². The van der Waals surface area contributed by atoms with Crippen molar-refractivity contribution in [2.75, 3.05) is 13.7 Å². The second-order valence-electron chi connectivity index (χ2n) is 2.73. The van der Waals surface area contributed by atoms with Crippen LogP contribution in [0.25, 0.3) is 0 Å². The Balaban J connectivity index is 2.46. The molecule has 2 N–H and O–H groups in total. The number of fused-ring (bicyclic) bond motifs is 1. The van der Waals surface area contributed by atoms with Gasteiger partial charge in [0.25, 0.3) is 0 Å². The molecule has 1 aliphatic rings. The Kier molecular flexibility index (Phi) is 1.81. The lowest BCUT2D eigenvalue weighted by Gasteiger charge is -2.01. The van der Waals surface area contributed by atoms with Crippen LogP contribution in [0.3, 0.4) is 0 Å². The van der Waals surface area contributed by atoms with Crippen LogP contribution in [0.5, 0.6) is 11.5 Å². The standard InChI is InChI=1S/C9H10N2O2/c1-12-6-2-3-7-8(11-10)5-13-9(7)4-6/h2-4H,5,10H2,1H3/b11-8+. The van der Waals surface area contributed by atoms with E-state index in [0.717, 1.165) is 22.8 Å². The van der Waals surface area contributed by atoms with E-state index in [-0.39, 0.29) is 0 Å². The normalized spacial score (nSPS) is 16.8. The largest absolute Gasteiger partial charge is 0.497 e. The smallest absolute Gasteiger partial charge is 0.133 e. The number of benzene rings is 1. The molecule has 1 heterocycles. The third-order valence-corrected chi connectivity index (χ3v) is 2.02. The zero-order valence-corrected chi connectivity index (χ0v) is 7.28. The molecule has 0 aromatic heterocycles. The van der Waals surface area contributed by atoms with E-state index in [0.29, 0.717) is 6.61 Å². The van der Waals surface area contributed by atoms with Crippen molar-refractivity contribution in [3.63, 3.8) is 0 Å². The molecule has 0 unspecified atom stereocenters. The minimum Gasteiger partial charge on any atom is -0.497 e. The summed E-state index contributed by atoms with van der Waals surface area (Å²) < 4.78 is 10.4. The van der Waals surface area contributed by atoms with Crippen LogP contribution < -0.4 is 15.3 Å². The van der Waals surface area contributed by atoms with Crippen molar-refractivity contribution in [2.45, 2.75) is 0 Å². The highest BCUT2D eigenvalue weighted by Crippen LogP contribution is 2.29. The Bertz CT molecular complexity index is 361. The highest BCUT2D eigenvalue weighted by Gasteiger charge is 2.19. The van der Waals surface area contributed by atoms with E-state index >= 15 is 0 Å². The number of hydrazone groups is 1. The summed E-state index contributed by atoms with van der Waals surface area (Å²) in [6.45, 7) is 0.443. The van der Waals surface area contributed by atoms with Gasteiger partial charge in [-0.15, -0.1) is 0 Å². The van der Waals surface area contributed by atoms with Crippen LogP contribution in [0.15, 0.2) is 23.3 Å². The van der Waals surface area contributed by atoms with E-state index in [4.69, 9.17) is 15.3 Å². The van der Waals surface area contributed by atoms with Crippen molar-refractivity contribution >= 4 is 5.71 Å². The molecule has 4 heteroatoms. The molecule has 0 atom stereocenters. The van der Waals surface area contributed by atoms with Gasteiger partial charge in [0.15, 0.2) is 0 Å². The van der Waals surface area contributed by atoms with Crippen molar-refractivity contribution in [1.82, 2.24) is 0 Å². The van der Waals surface area contributed by atoms with E-state index in [2.05, 4.69) is 5.10 Å². The van der Waals surface area contributed by atoms with Gasteiger partial charge < -0.3 is 15.3 Å². The molecule has 13 heavy (non-hydrogen) atoms. The van der Waals surface area contributed by atoms with Crippen LogP contribution in [0.1, 0.15) is 5.56 Å². The Hall–Kier alpha value is -1.71. The molecular weight excluding hydrogens is 168 g/mol. The molecule has 0 fully saturated rings. The predicted octanol–water partition coefficient (Wildman–Crippen LogP) is 0.750. The second-order valence-corrected chi connectivity index (χ2v) is 2.73. The number of nitrogens with zero attached hydrogens (tertiary/aromatic N) is 1. The first-order chi connectivity index (χ1) is 6.35. The van der Waals surface area contributed by atoms with Gasteiger partial charge in [-0.25, -0.2) is 0 Å². The van der Waals surface area contributed by atoms with Gasteiger partial charge in [0.2, 0.25) is 0 Å². The Morgan fingerprint density at radius 3 is 3.08 bits per heavy atom. The second kappa shape index (κ2) is 2.97. The van der Waals surface area contributed by atoms with Crippen LogP contribution in [-0.4, -0.2) is 19.4 Å². The van der Waals surface area contributed by atoms with E-state index < -0.39 is 0 Å². The lowest BCUT2D eigenvalue weighted by atomic mass is 10.1. The molecule has 2 rings (SSSR count). The molecule has 68 valence electrons. The first-order valence-corrected chi connectivity index (χ1v) is 3.93. The lowest BCUT2D eigenvalue weighted by molar-refractivity contribution is 0.382. The van der Waals surface area contributed by atoms with Crippen molar-refractivity contribution in [1.29, 1.82) is 0 Å². The van der Waals surface area contributed by atoms with Gasteiger partial charge >= 0.3 is 0 Å². The number of nitrogens with two attached hydrogens (primary N) is 1. The molecule has 0 spiro atoms. The Morgan fingerprint density at radius 2 is 2.38 bits per heavy atom. The van der Waals surface area contributed by atoms with Crippen LogP contribution in [0.2, 0.25) is 0 Å². The maximum absolute atomic E-state index is 5.35. The Morgan fingerprint density at radius 1 is 1.54 bits per heavy atom. The van der Waals surface area contributed by atoms with Gasteiger partial charge in [0.1, 0.15) is 23.8 Å². The number of hydrogen-bond donors (Lipinski definition) is 1. The fourth-order valence-corrected chi connectivity index (χ4v) is 1.32. The quantitative estimate of drug-likeness (QED) is 0.510. The summed E-state index contributed by atoms with van der Waals surface area (Å²) in [7, 11) is 1.62. The average molecular weight is 178 g/mol. The van der Waals surface area contributed by atoms with Crippen molar-refractivity contribution in [3.05, 3.63) is 23.8 Å². The van der Waals surface area contributed by atoms with Crippen molar-refractivity contribution in [3.8, 4) is 11.5 Å². The maximum atomic E-state index is 5.35. The molecule has 0 amide bonds. The van der Waals surface area contributed by atoms with Crippen molar-refractivity contribution < 1.29 is 9.47 Å². The van der Waals surface area contributed by atoms with Gasteiger partial charge in [-0.3, -0.25) is 0 Å². The molecular formula is C9H10N2O2. The van der Waals surface area contributed by atoms with Gasteiger partial charge in [0.05, 0.1) is 7.11 Å².